The second-order valence-electron chi connectivity index (χ2n) is 6.70. The standard InChI is InChI=1S/C25H22N2O2/c1-2-29-20-12-8-11-19(15-20)24-16-22(21-13-6-7-14-23(21)27-24)25(28)26-17-18-9-4-3-5-10-18/h3-16H,2,17H2,1H3,(H,26,28). The first-order valence-electron chi connectivity index (χ1n) is 9.70. The maximum atomic E-state index is 13.0. The second kappa shape index (κ2) is 8.57. The Morgan fingerprint density at radius 1 is 0.931 bits per heavy atom. The molecule has 1 amide bonds. The molecule has 0 aliphatic carbocycles. The Morgan fingerprint density at radius 3 is 2.55 bits per heavy atom. The average Bonchev–Trinajstić information content (AvgIpc) is 2.78. The molecule has 0 saturated heterocycles. The van der Waals surface area contributed by atoms with E-state index in [2.05, 4.69) is 5.32 Å². The van der Waals surface area contributed by atoms with Crippen LogP contribution in [0.3, 0.4) is 0 Å². The quantitative estimate of drug-likeness (QED) is 0.497. The number of aromatic nitrogens is 1. The molecule has 0 saturated carbocycles. The molecule has 3 aromatic carbocycles. The Balaban J connectivity index is 1.71. The van der Waals surface area contributed by atoms with E-state index in [4.69, 9.17) is 9.72 Å². The predicted molar refractivity (Wildman–Crippen MR) is 116 cm³/mol. The van der Waals surface area contributed by atoms with Crippen molar-refractivity contribution >= 4 is 16.8 Å². The number of fused-ring (bicyclic) bond motifs is 1. The zero-order valence-electron chi connectivity index (χ0n) is 16.3. The molecule has 0 aliphatic heterocycles. The van der Waals surface area contributed by atoms with Crippen molar-refractivity contribution in [3.8, 4) is 17.0 Å². The number of benzene rings is 3. The molecule has 0 bridgehead atoms. The highest BCUT2D eigenvalue weighted by atomic mass is 16.5. The number of hydrogen-bond donors (Lipinski definition) is 1. The Bertz CT molecular complexity index is 1140. The van der Waals surface area contributed by atoms with Crippen molar-refractivity contribution in [3.63, 3.8) is 0 Å². The summed E-state index contributed by atoms with van der Waals surface area (Å²) in [6.45, 7) is 3.03. The number of nitrogens with one attached hydrogen (secondary N) is 1. The van der Waals surface area contributed by atoms with Gasteiger partial charge in [-0.2, -0.15) is 0 Å². The van der Waals surface area contributed by atoms with Crippen LogP contribution in [0.15, 0.2) is 84.9 Å². The van der Waals surface area contributed by atoms with Crippen molar-refractivity contribution in [3.05, 3.63) is 96.1 Å². The van der Waals surface area contributed by atoms with Crippen molar-refractivity contribution < 1.29 is 9.53 Å². The highest BCUT2D eigenvalue weighted by Gasteiger charge is 2.14. The first kappa shape index (κ1) is 18.7. The molecular weight excluding hydrogens is 360 g/mol. The van der Waals surface area contributed by atoms with Crippen LogP contribution < -0.4 is 10.1 Å². The third-order valence-electron chi connectivity index (χ3n) is 4.70. The molecule has 0 fully saturated rings. The lowest BCUT2D eigenvalue weighted by Gasteiger charge is -2.11. The van der Waals surface area contributed by atoms with Gasteiger partial charge in [-0.05, 0) is 36.8 Å². The Morgan fingerprint density at radius 2 is 1.72 bits per heavy atom. The van der Waals surface area contributed by atoms with Gasteiger partial charge in [0.2, 0.25) is 0 Å². The molecule has 4 aromatic rings. The fourth-order valence-corrected chi connectivity index (χ4v) is 3.30. The highest BCUT2D eigenvalue weighted by Crippen LogP contribution is 2.27. The van der Waals surface area contributed by atoms with Crippen LogP contribution in [0.1, 0.15) is 22.8 Å². The number of pyridine rings is 1. The Hall–Kier alpha value is -3.66. The normalized spacial score (nSPS) is 10.7. The minimum atomic E-state index is -0.116. The lowest BCUT2D eigenvalue weighted by molar-refractivity contribution is 0.0952. The SMILES string of the molecule is CCOc1cccc(-c2cc(C(=O)NCc3ccccc3)c3ccccc3n2)c1. The summed E-state index contributed by atoms with van der Waals surface area (Å²) in [7, 11) is 0. The summed E-state index contributed by atoms with van der Waals surface area (Å²) in [5, 5.41) is 3.86. The number of ether oxygens (including phenoxy) is 1. The molecule has 1 aromatic heterocycles. The van der Waals surface area contributed by atoms with Gasteiger partial charge in [0.15, 0.2) is 0 Å². The van der Waals surface area contributed by atoms with E-state index in [-0.39, 0.29) is 5.91 Å². The average molecular weight is 382 g/mol. The molecule has 4 heteroatoms. The molecule has 4 rings (SSSR count). The largest absolute Gasteiger partial charge is 0.494 e. The number of amides is 1. The molecule has 1 N–H and O–H groups in total. The molecule has 1 heterocycles. The van der Waals surface area contributed by atoms with E-state index in [1.165, 1.54) is 0 Å². The third kappa shape index (κ3) is 4.27. The molecule has 0 unspecified atom stereocenters. The maximum absolute atomic E-state index is 13.0. The fourth-order valence-electron chi connectivity index (χ4n) is 3.30. The third-order valence-corrected chi connectivity index (χ3v) is 4.70. The topological polar surface area (TPSA) is 51.2 Å². The summed E-state index contributed by atoms with van der Waals surface area (Å²) in [5.41, 5.74) is 4.12. The molecule has 29 heavy (non-hydrogen) atoms. The van der Waals surface area contributed by atoms with E-state index in [1.54, 1.807) is 0 Å². The van der Waals surface area contributed by atoms with Gasteiger partial charge in [-0.1, -0.05) is 60.7 Å². The van der Waals surface area contributed by atoms with Crippen LogP contribution in [0.25, 0.3) is 22.2 Å². The van der Waals surface area contributed by atoms with E-state index in [0.717, 1.165) is 33.5 Å². The van der Waals surface area contributed by atoms with Gasteiger partial charge in [-0.15, -0.1) is 0 Å². The molecule has 144 valence electrons. The van der Waals surface area contributed by atoms with Crippen molar-refractivity contribution in [2.24, 2.45) is 0 Å². The smallest absolute Gasteiger partial charge is 0.252 e. The Kier molecular flexibility index (Phi) is 5.52. The van der Waals surface area contributed by atoms with E-state index in [0.29, 0.717) is 18.7 Å². The molecular formula is C25H22N2O2. The number of rotatable bonds is 6. The van der Waals surface area contributed by atoms with Gasteiger partial charge < -0.3 is 10.1 Å². The van der Waals surface area contributed by atoms with Gasteiger partial charge in [-0.3, -0.25) is 4.79 Å². The first-order chi connectivity index (χ1) is 14.2. The summed E-state index contributed by atoms with van der Waals surface area (Å²) in [6, 6.07) is 27.2. The zero-order valence-corrected chi connectivity index (χ0v) is 16.3. The van der Waals surface area contributed by atoms with Crippen LogP contribution in [-0.2, 0) is 6.54 Å². The van der Waals surface area contributed by atoms with Gasteiger partial charge in [0.25, 0.3) is 5.91 Å². The predicted octanol–water partition coefficient (Wildman–Crippen LogP) is 5.23. The van der Waals surface area contributed by atoms with Crippen LogP contribution in [0.2, 0.25) is 0 Å². The van der Waals surface area contributed by atoms with Gasteiger partial charge in [0.1, 0.15) is 5.75 Å². The number of para-hydroxylation sites is 1. The molecule has 0 spiro atoms. The number of carbonyl (C=O) groups is 1. The summed E-state index contributed by atoms with van der Waals surface area (Å²) < 4.78 is 5.61. The maximum Gasteiger partial charge on any atom is 0.252 e. The molecule has 4 nitrogen and oxygen atoms in total. The van der Waals surface area contributed by atoms with Crippen LogP contribution in [-0.4, -0.2) is 17.5 Å². The number of hydrogen-bond acceptors (Lipinski definition) is 3. The van der Waals surface area contributed by atoms with Gasteiger partial charge in [0.05, 0.1) is 23.4 Å². The molecule has 0 aliphatic rings. The summed E-state index contributed by atoms with van der Waals surface area (Å²) >= 11 is 0. The van der Waals surface area contributed by atoms with Crippen LogP contribution >= 0.6 is 0 Å². The van der Waals surface area contributed by atoms with Gasteiger partial charge >= 0.3 is 0 Å². The number of nitrogens with zero attached hydrogens (tertiary/aromatic N) is 1. The van der Waals surface area contributed by atoms with Gasteiger partial charge in [0, 0.05) is 17.5 Å². The minimum Gasteiger partial charge on any atom is -0.494 e. The molecule has 0 atom stereocenters. The summed E-state index contributed by atoms with van der Waals surface area (Å²) in [4.78, 5) is 17.8. The van der Waals surface area contributed by atoms with Crippen molar-refractivity contribution in [1.82, 2.24) is 10.3 Å². The van der Waals surface area contributed by atoms with E-state index in [9.17, 15) is 4.79 Å². The van der Waals surface area contributed by atoms with E-state index < -0.39 is 0 Å². The van der Waals surface area contributed by atoms with Crippen molar-refractivity contribution in [1.29, 1.82) is 0 Å². The Labute approximate surface area is 170 Å². The van der Waals surface area contributed by atoms with Crippen molar-refractivity contribution in [2.45, 2.75) is 13.5 Å². The lowest BCUT2D eigenvalue weighted by atomic mass is 10.0. The number of carbonyl (C=O) groups excluding carboxylic acids is 1. The first-order valence-corrected chi connectivity index (χ1v) is 9.70. The minimum absolute atomic E-state index is 0.116. The second-order valence-corrected chi connectivity index (χ2v) is 6.70. The zero-order chi connectivity index (χ0) is 20.1. The van der Waals surface area contributed by atoms with E-state index in [1.807, 2.05) is 91.9 Å². The van der Waals surface area contributed by atoms with Crippen molar-refractivity contribution in [2.75, 3.05) is 6.61 Å². The highest BCUT2D eigenvalue weighted by molar-refractivity contribution is 6.07. The van der Waals surface area contributed by atoms with E-state index >= 15 is 0 Å². The monoisotopic (exact) mass is 382 g/mol. The lowest BCUT2D eigenvalue weighted by Crippen LogP contribution is -2.23. The summed E-state index contributed by atoms with van der Waals surface area (Å²) in [6.07, 6.45) is 0. The van der Waals surface area contributed by atoms with Gasteiger partial charge in [-0.25, -0.2) is 4.98 Å². The fraction of sp³-hybridized carbons (Fsp3) is 0.120. The molecule has 0 radical (unpaired) electrons. The summed E-state index contributed by atoms with van der Waals surface area (Å²) in [5.74, 6) is 0.671. The van der Waals surface area contributed by atoms with Crippen LogP contribution in [0.4, 0.5) is 0 Å². The van der Waals surface area contributed by atoms with Crippen LogP contribution in [0, 0.1) is 0 Å². The van der Waals surface area contributed by atoms with Crippen LogP contribution in [0.5, 0.6) is 5.75 Å².